The molecular formula is C25H27BN6O2. The Bertz CT molecular complexity index is 1420. The molecule has 0 aliphatic carbocycles. The highest BCUT2D eigenvalue weighted by atomic mass is 16.7. The molecule has 1 saturated heterocycles. The third-order valence-electron chi connectivity index (χ3n) is 6.50. The van der Waals surface area contributed by atoms with Gasteiger partial charge in [0, 0.05) is 18.0 Å². The predicted octanol–water partition coefficient (Wildman–Crippen LogP) is 3.25. The zero-order valence-electron chi connectivity index (χ0n) is 20.0. The van der Waals surface area contributed by atoms with Crippen LogP contribution in [0.4, 0.5) is 0 Å². The van der Waals surface area contributed by atoms with Gasteiger partial charge in [-0.25, -0.2) is 14.2 Å². The quantitative estimate of drug-likeness (QED) is 0.379. The van der Waals surface area contributed by atoms with Crippen LogP contribution < -0.4 is 11.0 Å². The third-order valence-corrected chi connectivity index (χ3v) is 6.50. The molecule has 8 nitrogen and oxygen atoms in total. The molecule has 9 heteroatoms. The number of hydrogen-bond acceptors (Lipinski definition) is 6. The number of aromatic nitrogens is 4. The van der Waals surface area contributed by atoms with Crippen molar-refractivity contribution in [2.45, 2.75) is 45.8 Å². The first-order valence-electron chi connectivity index (χ1n) is 11.2. The van der Waals surface area contributed by atoms with Crippen LogP contribution in [-0.2, 0) is 9.31 Å². The van der Waals surface area contributed by atoms with Crippen molar-refractivity contribution >= 4 is 23.9 Å². The van der Waals surface area contributed by atoms with Gasteiger partial charge in [0.1, 0.15) is 5.49 Å². The van der Waals surface area contributed by atoms with E-state index in [-0.39, 0.29) is 0 Å². The van der Waals surface area contributed by atoms with E-state index in [0.717, 1.165) is 27.9 Å². The zero-order valence-corrected chi connectivity index (χ0v) is 20.0. The second-order valence-corrected chi connectivity index (χ2v) is 9.49. The summed E-state index contributed by atoms with van der Waals surface area (Å²) in [6.45, 7) is 10.1. The monoisotopic (exact) mass is 454 g/mol. The Balaban J connectivity index is 1.64. The van der Waals surface area contributed by atoms with Crippen molar-refractivity contribution in [3.63, 3.8) is 0 Å². The highest BCUT2D eigenvalue weighted by Crippen LogP contribution is 2.36. The lowest BCUT2D eigenvalue weighted by Gasteiger charge is -2.32. The fraction of sp³-hybridized carbons (Fsp3) is 0.280. The van der Waals surface area contributed by atoms with E-state index in [1.54, 1.807) is 21.5 Å². The molecule has 1 aromatic carbocycles. The van der Waals surface area contributed by atoms with Crippen LogP contribution in [0.5, 0.6) is 0 Å². The first-order valence-corrected chi connectivity index (χ1v) is 11.2. The number of rotatable bonds is 4. The summed E-state index contributed by atoms with van der Waals surface area (Å²) in [5, 5.41) is 17.4. The minimum Gasteiger partial charge on any atom is -0.399 e. The van der Waals surface area contributed by atoms with Gasteiger partial charge < -0.3 is 9.31 Å². The number of fused-ring (bicyclic) bond motifs is 1. The first-order chi connectivity index (χ1) is 16.1. The van der Waals surface area contributed by atoms with Gasteiger partial charge in [0.05, 0.1) is 16.9 Å². The molecule has 1 N–H and O–H groups in total. The van der Waals surface area contributed by atoms with Crippen molar-refractivity contribution < 1.29 is 9.31 Å². The molecule has 0 radical (unpaired) electrons. The molecule has 0 saturated carbocycles. The van der Waals surface area contributed by atoms with Crippen molar-refractivity contribution in [1.29, 1.82) is 5.41 Å². The van der Waals surface area contributed by atoms with Crippen LogP contribution in [0.1, 0.15) is 40.2 Å². The van der Waals surface area contributed by atoms with E-state index in [2.05, 4.69) is 10.2 Å². The Morgan fingerprint density at radius 1 is 0.971 bits per heavy atom. The topological polar surface area (TPSA) is 89.8 Å². The van der Waals surface area contributed by atoms with Crippen molar-refractivity contribution in [2.24, 2.45) is 5.10 Å². The smallest absolute Gasteiger partial charge is 0.399 e. The second kappa shape index (κ2) is 8.04. The highest BCUT2D eigenvalue weighted by Gasteiger charge is 2.51. The minimum atomic E-state index is -0.537. The van der Waals surface area contributed by atoms with E-state index >= 15 is 0 Å². The summed E-state index contributed by atoms with van der Waals surface area (Å²) >= 11 is 0. The maximum atomic E-state index is 8.12. The number of pyridine rings is 2. The molecular weight excluding hydrogens is 427 g/mol. The largest absolute Gasteiger partial charge is 0.494 e. The third kappa shape index (κ3) is 3.97. The average molecular weight is 454 g/mol. The van der Waals surface area contributed by atoms with E-state index in [1.807, 2.05) is 89.3 Å². The average Bonchev–Trinajstić information content (AvgIpc) is 3.32. The maximum Gasteiger partial charge on any atom is 0.494 e. The summed E-state index contributed by atoms with van der Waals surface area (Å²) in [4.78, 5) is 4.70. The van der Waals surface area contributed by atoms with E-state index in [0.29, 0.717) is 11.3 Å². The van der Waals surface area contributed by atoms with Gasteiger partial charge in [0.25, 0.3) is 0 Å². The van der Waals surface area contributed by atoms with E-state index < -0.39 is 18.3 Å². The van der Waals surface area contributed by atoms with Gasteiger partial charge in [0.2, 0.25) is 0 Å². The van der Waals surface area contributed by atoms with Crippen molar-refractivity contribution in [2.75, 3.05) is 0 Å². The summed E-state index contributed by atoms with van der Waals surface area (Å²) in [5.74, 6) is 0.604. The van der Waals surface area contributed by atoms with E-state index in [9.17, 15) is 0 Å². The Kier molecular flexibility index (Phi) is 5.26. The lowest BCUT2D eigenvalue weighted by Crippen LogP contribution is -2.41. The van der Waals surface area contributed by atoms with Crippen LogP contribution in [0.25, 0.3) is 17.0 Å². The molecule has 1 aliphatic rings. The second-order valence-electron chi connectivity index (χ2n) is 9.49. The molecule has 1 fully saturated rings. The number of nitrogens with zero attached hydrogens (tertiary/aromatic N) is 5. The van der Waals surface area contributed by atoms with E-state index in [1.165, 1.54) is 0 Å². The molecule has 172 valence electrons. The van der Waals surface area contributed by atoms with Crippen LogP contribution in [-0.4, -0.2) is 43.3 Å². The van der Waals surface area contributed by atoms with Gasteiger partial charge in [-0.2, -0.15) is 5.10 Å². The van der Waals surface area contributed by atoms with Crippen molar-refractivity contribution in [3.05, 3.63) is 78.0 Å². The summed E-state index contributed by atoms with van der Waals surface area (Å²) in [6.07, 6.45) is 3.63. The molecule has 4 aromatic rings. The lowest BCUT2D eigenvalue weighted by atomic mass is 9.77. The number of hydrogen-bond donors (Lipinski definition) is 1. The molecule has 5 rings (SSSR count). The highest BCUT2D eigenvalue weighted by molar-refractivity contribution is 6.62. The Morgan fingerprint density at radius 2 is 1.68 bits per heavy atom. The number of benzene rings is 1. The van der Waals surface area contributed by atoms with Crippen LogP contribution in [0.15, 0.2) is 72.1 Å². The standard InChI is InChI=1S/C25H27BN6O2/c1-17(29-31-12-8-6-10-21(31)27)18-14-19(23-28-22-11-7-9-13-32(22)30-23)16-20(15-18)26-33-24(2,3)25(4,5)34-26/h6-16,27H,1-5H3/b27-21?,29-17+. The summed E-state index contributed by atoms with van der Waals surface area (Å²) in [7, 11) is -0.537. The van der Waals surface area contributed by atoms with Crippen molar-refractivity contribution in [3.8, 4) is 11.4 Å². The summed E-state index contributed by atoms with van der Waals surface area (Å²) in [6, 6.07) is 17.2. The van der Waals surface area contributed by atoms with Crippen LogP contribution in [0, 0.1) is 5.41 Å². The molecule has 0 bridgehead atoms. The molecule has 4 heterocycles. The van der Waals surface area contributed by atoms with E-state index in [4.69, 9.17) is 19.7 Å². The van der Waals surface area contributed by atoms with Crippen LogP contribution >= 0.6 is 0 Å². The lowest BCUT2D eigenvalue weighted by molar-refractivity contribution is 0.00578. The molecule has 3 aromatic heterocycles. The summed E-state index contributed by atoms with van der Waals surface area (Å²) < 4.78 is 16.0. The Hall–Kier alpha value is -3.56. The first kappa shape index (κ1) is 22.2. The van der Waals surface area contributed by atoms with Crippen LogP contribution in [0.3, 0.4) is 0 Å². The SMILES string of the molecule is C/C(=N\n1ccccc1=N)c1cc(B2OC(C)(C)C(C)(C)O2)cc(-c2nc3ccccn3n2)c1. The Labute approximate surface area is 198 Å². The van der Waals surface area contributed by atoms with Gasteiger partial charge in [-0.3, -0.25) is 5.41 Å². The van der Waals surface area contributed by atoms with Crippen LogP contribution in [0.2, 0.25) is 0 Å². The molecule has 34 heavy (non-hydrogen) atoms. The molecule has 0 atom stereocenters. The molecule has 0 amide bonds. The van der Waals surface area contributed by atoms with Crippen molar-refractivity contribution in [1.82, 2.24) is 19.3 Å². The van der Waals surface area contributed by atoms with Gasteiger partial charge in [0.15, 0.2) is 11.5 Å². The minimum absolute atomic E-state index is 0.297. The molecule has 0 spiro atoms. The molecule has 0 unspecified atom stereocenters. The number of nitrogens with one attached hydrogen (secondary N) is 1. The Morgan fingerprint density at radius 3 is 2.38 bits per heavy atom. The zero-order chi connectivity index (χ0) is 24.1. The van der Waals surface area contributed by atoms with Gasteiger partial charge in [-0.15, -0.1) is 5.10 Å². The molecule has 1 aliphatic heterocycles. The fourth-order valence-electron chi connectivity index (χ4n) is 3.80. The van der Waals surface area contributed by atoms with Gasteiger partial charge in [-0.05, 0) is 76.0 Å². The normalized spacial score (nSPS) is 17.4. The van der Waals surface area contributed by atoms with Gasteiger partial charge in [-0.1, -0.05) is 24.3 Å². The van der Waals surface area contributed by atoms with Gasteiger partial charge >= 0.3 is 7.12 Å². The predicted molar refractivity (Wildman–Crippen MR) is 132 cm³/mol. The fourth-order valence-corrected chi connectivity index (χ4v) is 3.80. The maximum absolute atomic E-state index is 8.12. The summed E-state index contributed by atoms with van der Waals surface area (Å²) in [5.41, 5.74) is 3.46.